The van der Waals surface area contributed by atoms with Crippen LogP contribution in [-0.2, 0) is 0 Å². The molecule has 1 amide bonds. The Kier molecular flexibility index (Phi) is 7.51. The van der Waals surface area contributed by atoms with Crippen LogP contribution in [0.2, 0.25) is 0 Å². The fourth-order valence-corrected chi connectivity index (χ4v) is 4.50. The van der Waals surface area contributed by atoms with E-state index in [1.807, 2.05) is 36.1 Å². The molecule has 2 aromatic rings. The van der Waals surface area contributed by atoms with Crippen molar-refractivity contribution in [1.82, 2.24) is 14.8 Å². The van der Waals surface area contributed by atoms with Crippen LogP contribution in [0, 0.1) is 12.8 Å². The highest BCUT2D eigenvalue weighted by atomic mass is 16.5. The minimum absolute atomic E-state index is 0.0396. The zero-order chi connectivity index (χ0) is 22.5. The number of carbonyl (C=O) groups excluding carboxylic acids is 1. The monoisotopic (exact) mass is 439 g/mol. The van der Waals surface area contributed by atoms with E-state index in [0.29, 0.717) is 35.9 Å². The summed E-state index contributed by atoms with van der Waals surface area (Å²) in [4.78, 5) is 22.1. The van der Waals surface area contributed by atoms with E-state index >= 15 is 0 Å². The van der Waals surface area contributed by atoms with Crippen LogP contribution < -0.4 is 4.74 Å². The summed E-state index contributed by atoms with van der Waals surface area (Å²) in [6.07, 6.45) is 7.05. The normalized spacial score (nSPS) is 18.8. The number of rotatable bonds is 11. The number of nitrogens with zero attached hydrogens (tertiary/aromatic N) is 3. The van der Waals surface area contributed by atoms with E-state index in [-0.39, 0.29) is 5.91 Å². The van der Waals surface area contributed by atoms with Gasteiger partial charge in [-0.1, -0.05) is 6.92 Å². The average Bonchev–Trinajstić information content (AvgIpc) is 3.39. The highest BCUT2D eigenvalue weighted by Gasteiger charge is 2.29. The molecule has 2 fully saturated rings. The Balaban J connectivity index is 1.33. The number of aromatic nitrogens is 1. The van der Waals surface area contributed by atoms with Crippen LogP contribution in [0.3, 0.4) is 0 Å². The molecule has 1 aromatic carbocycles. The molecule has 0 bridgehead atoms. The minimum atomic E-state index is -0.0396. The van der Waals surface area contributed by atoms with Gasteiger partial charge in [-0.05, 0) is 89.1 Å². The Morgan fingerprint density at radius 1 is 1.25 bits per heavy atom. The third-order valence-corrected chi connectivity index (χ3v) is 6.60. The Labute approximate surface area is 191 Å². The third kappa shape index (κ3) is 5.71. The van der Waals surface area contributed by atoms with Gasteiger partial charge < -0.3 is 19.0 Å². The Bertz CT molecular complexity index is 888. The molecular formula is C26H37N3O3. The van der Waals surface area contributed by atoms with E-state index in [2.05, 4.69) is 23.7 Å². The molecule has 6 nitrogen and oxygen atoms in total. The van der Waals surface area contributed by atoms with Gasteiger partial charge >= 0.3 is 0 Å². The van der Waals surface area contributed by atoms with Crippen LogP contribution in [0.4, 0.5) is 0 Å². The lowest BCUT2D eigenvalue weighted by atomic mass is 10.2. The molecule has 1 aliphatic carbocycles. The molecule has 1 atom stereocenters. The largest absolute Gasteiger partial charge is 0.494 e. The van der Waals surface area contributed by atoms with Crippen molar-refractivity contribution in [1.29, 1.82) is 0 Å². The van der Waals surface area contributed by atoms with Crippen molar-refractivity contribution in [2.24, 2.45) is 5.92 Å². The van der Waals surface area contributed by atoms with Gasteiger partial charge in [-0.25, -0.2) is 4.98 Å². The fraction of sp³-hybridized carbons (Fsp3) is 0.615. The van der Waals surface area contributed by atoms with Gasteiger partial charge in [0.1, 0.15) is 5.75 Å². The van der Waals surface area contributed by atoms with Crippen molar-refractivity contribution < 1.29 is 13.9 Å². The first-order chi connectivity index (χ1) is 15.5. The third-order valence-electron chi connectivity index (χ3n) is 6.60. The molecule has 0 radical (unpaired) electrons. The molecule has 1 aliphatic heterocycles. The SMILES string of the molecule is CCCN(CC1CC1)C(=O)c1oc(-c2ccc(OCCCN3CCCC3C)cc2)nc1C. The number of aryl methyl sites for hydroxylation is 1. The van der Waals surface area contributed by atoms with Gasteiger partial charge in [0.25, 0.3) is 5.91 Å². The van der Waals surface area contributed by atoms with Crippen molar-refractivity contribution >= 4 is 5.91 Å². The van der Waals surface area contributed by atoms with E-state index in [1.54, 1.807) is 0 Å². The summed E-state index contributed by atoms with van der Waals surface area (Å²) in [5, 5.41) is 0. The smallest absolute Gasteiger partial charge is 0.291 e. The number of carbonyl (C=O) groups is 1. The van der Waals surface area contributed by atoms with Gasteiger partial charge in [-0.3, -0.25) is 4.79 Å². The van der Waals surface area contributed by atoms with Gasteiger partial charge in [0.2, 0.25) is 11.7 Å². The van der Waals surface area contributed by atoms with Crippen LogP contribution in [0.1, 0.15) is 68.6 Å². The van der Waals surface area contributed by atoms with Crippen molar-refractivity contribution in [2.45, 2.75) is 65.3 Å². The molecule has 0 N–H and O–H groups in total. The Hall–Kier alpha value is -2.34. The number of oxazole rings is 1. The van der Waals surface area contributed by atoms with Crippen LogP contribution in [-0.4, -0.2) is 59.5 Å². The maximum absolute atomic E-state index is 13.0. The maximum Gasteiger partial charge on any atom is 0.291 e. The lowest BCUT2D eigenvalue weighted by molar-refractivity contribution is 0.0715. The number of hydrogen-bond donors (Lipinski definition) is 0. The fourth-order valence-electron chi connectivity index (χ4n) is 4.50. The molecule has 2 aliphatic rings. The number of hydrogen-bond acceptors (Lipinski definition) is 5. The van der Waals surface area contributed by atoms with Crippen molar-refractivity contribution in [3.8, 4) is 17.2 Å². The average molecular weight is 440 g/mol. The summed E-state index contributed by atoms with van der Waals surface area (Å²) in [6, 6.07) is 8.51. The minimum Gasteiger partial charge on any atom is -0.494 e. The molecule has 2 heterocycles. The second-order valence-electron chi connectivity index (χ2n) is 9.38. The molecule has 4 rings (SSSR count). The van der Waals surface area contributed by atoms with Crippen molar-refractivity contribution in [2.75, 3.05) is 32.8 Å². The van der Waals surface area contributed by atoms with E-state index in [1.165, 1.54) is 32.2 Å². The van der Waals surface area contributed by atoms with Crippen LogP contribution in [0.5, 0.6) is 5.75 Å². The molecule has 0 spiro atoms. The van der Waals surface area contributed by atoms with Gasteiger partial charge in [0, 0.05) is 31.2 Å². The maximum atomic E-state index is 13.0. The van der Waals surface area contributed by atoms with Crippen molar-refractivity contribution in [3.63, 3.8) is 0 Å². The second kappa shape index (κ2) is 10.5. The lowest BCUT2D eigenvalue weighted by Crippen LogP contribution is -2.33. The van der Waals surface area contributed by atoms with Crippen molar-refractivity contribution in [3.05, 3.63) is 35.7 Å². The standard InChI is InChI=1S/C26H37N3O3/c1-4-14-29(18-21-8-9-21)26(30)24-20(3)27-25(32-24)22-10-12-23(13-11-22)31-17-6-16-28-15-5-7-19(28)2/h10-13,19,21H,4-9,14-18H2,1-3H3. The summed E-state index contributed by atoms with van der Waals surface area (Å²) in [5.74, 6) is 2.32. The first kappa shape index (κ1) is 22.8. The van der Waals surface area contributed by atoms with E-state index in [9.17, 15) is 4.79 Å². The number of likely N-dealkylation sites (tertiary alicyclic amines) is 1. The molecule has 174 valence electrons. The molecular weight excluding hydrogens is 402 g/mol. The zero-order valence-corrected chi connectivity index (χ0v) is 19.8. The predicted molar refractivity (Wildman–Crippen MR) is 126 cm³/mol. The van der Waals surface area contributed by atoms with E-state index < -0.39 is 0 Å². The van der Waals surface area contributed by atoms with E-state index in [4.69, 9.17) is 9.15 Å². The second-order valence-corrected chi connectivity index (χ2v) is 9.38. The Morgan fingerprint density at radius 3 is 2.69 bits per heavy atom. The summed E-state index contributed by atoms with van der Waals surface area (Å²) in [7, 11) is 0. The molecule has 1 aromatic heterocycles. The molecule has 6 heteroatoms. The lowest BCUT2D eigenvalue weighted by Gasteiger charge is -2.20. The summed E-state index contributed by atoms with van der Waals surface area (Å²) < 4.78 is 11.9. The quantitative estimate of drug-likeness (QED) is 0.452. The first-order valence-electron chi connectivity index (χ1n) is 12.3. The van der Waals surface area contributed by atoms with Crippen LogP contribution in [0.25, 0.3) is 11.5 Å². The number of ether oxygens (including phenoxy) is 1. The molecule has 1 saturated heterocycles. The van der Waals surface area contributed by atoms with Gasteiger partial charge in [0.05, 0.1) is 12.3 Å². The predicted octanol–water partition coefficient (Wildman–Crippen LogP) is 5.17. The molecule has 32 heavy (non-hydrogen) atoms. The molecule has 1 unspecified atom stereocenters. The summed E-state index contributed by atoms with van der Waals surface area (Å²) >= 11 is 0. The number of amides is 1. The molecule has 1 saturated carbocycles. The van der Waals surface area contributed by atoms with E-state index in [0.717, 1.165) is 43.8 Å². The van der Waals surface area contributed by atoms with Gasteiger partial charge in [0.15, 0.2) is 0 Å². The van der Waals surface area contributed by atoms with Gasteiger partial charge in [-0.2, -0.15) is 0 Å². The Morgan fingerprint density at radius 2 is 2.03 bits per heavy atom. The first-order valence-corrected chi connectivity index (χ1v) is 12.3. The zero-order valence-electron chi connectivity index (χ0n) is 19.8. The highest BCUT2D eigenvalue weighted by molar-refractivity contribution is 5.93. The summed E-state index contributed by atoms with van der Waals surface area (Å²) in [5.41, 5.74) is 1.51. The topological polar surface area (TPSA) is 58.8 Å². The number of benzene rings is 1. The van der Waals surface area contributed by atoms with Crippen LogP contribution >= 0.6 is 0 Å². The highest BCUT2D eigenvalue weighted by Crippen LogP contribution is 2.31. The summed E-state index contributed by atoms with van der Waals surface area (Å²) in [6.45, 7) is 10.9. The van der Waals surface area contributed by atoms with Crippen LogP contribution in [0.15, 0.2) is 28.7 Å². The van der Waals surface area contributed by atoms with Gasteiger partial charge in [-0.15, -0.1) is 0 Å².